The molecule has 16 heavy (non-hydrogen) atoms. The predicted octanol–water partition coefficient (Wildman–Crippen LogP) is 1.97. The third-order valence-electron chi connectivity index (χ3n) is 2.08. The van der Waals surface area contributed by atoms with Crippen LogP contribution in [0.25, 0.3) is 0 Å². The second-order valence-corrected chi connectivity index (χ2v) is 3.16. The Morgan fingerprint density at radius 1 is 1.56 bits per heavy atom. The zero-order chi connectivity index (χ0) is 12.1. The van der Waals surface area contributed by atoms with E-state index in [1.54, 1.807) is 6.92 Å². The highest BCUT2D eigenvalue weighted by Gasteiger charge is 2.13. The van der Waals surface area contributed by atoms with Crippen LogP contribution in [0.15, 0.2) is 12.1 Å². The first-order valence-electron chi connectivity index (χ1n) is 4.81. The van der Waals surface area contributed by atoms with E-state index in [-0.39, 0.29) is 22.7 Å². The van der Waals surface area contributed by atoms with Crippen molar-refractivity contribution in [1.82, 2.24) is 0 Å². The average molecular weight is 217 g/mol. The normalized spacial score (nSPS) is 9.31. The van der Waals surface area contributed by atoms with Gasteiger partial charge in [0, 0.05) is 11.1 Å². The van der Waals surface area contributed by atoms with Gasteiger partial charge in [0.25, 0.3) is 0 Å². The molecule has 4 heteroatoms. The van der Waals surface area contributed by atoms with Gasteiger partial charge in [0.2, 0.25) is 0 Å². The SMILES string of the molecule is CCOc1cc(C(C)=O)cc(C=O)c1C#N. The van der Waals surface area contributed by atoms with Gasteiger partial charge in [-0.15, -0.1) is 0 Å². The summed E-state index contributed by atoms with van der Waals surface area (Å²) < 4.78 is 5.23. The molecule has 0 atom stereocenters. The minimum absolute atomic E-state index is 0.168. The molecule has 0 heterocycles. The number of ketones is 1. The van der Waals surface area contributed by atoms with Gasteiger partial charge >= 0.3 is 0 Å². The first-order chi connectivity index (χ1) is 7.63. The monoisotopic (exact) mass is 217 g/mol. The van der Waals surface area contributed by atoms with Crippen molar-refractivity contribution in [3.63, 3.8) is 0 Å². The number of rotatable bonds is 4. The molecule has 0 aliphatic carbocycles. The number of benzene rings is 1. The number of carbonyl (C=O) groups excluding carboxylic acids is 2. The van der Waals surface area contributed by atoms with Gasteiger partial charge in [0.15, 0.2) is 12.1 Å². The molecule has 0 aliphatic heterocycles. The second-order valence-electron chi connectivity index (χ2n) is 3.16. The van der Waals surface area contributed by atoms with Crippen LogP contribution in [0.4, 0.5) is 0 Å². The van der Waals surface area contributed by atoms with Crippen LogP contribution in [-0.4, -0.2) is 18.7 Å². The summed E-state index contributed by atoms with van der Waals surface area (Å²) in [5, 5.41) is 8.91. The average Bonchev–Trinajstić information content (AvgIpc) is 2.28. The lowest BCUT2D eigenvalue weighted by atomic mass is 10.0. The smallest absolute Gasteiger partial charge is 0.159 e. The minimum atomic E-state index is -0.173. The summed E-state index contributed by atoms with van der Waals surface area (Å²) >= 11 is 0. The van der Waals surface area contributed by atoms with Gasteiger partial charge in [-0.3, -0.25) is 9.59 Å². The zero-order valence-corrected chi connectivity index (χ0v) is 9.11. The summed E-state index contributed by atoms with van der Waals surface area (Å²) in [7, 11) is 0. The van der Waals surface area contributed by atoms with Crippen LogP contribution >= 0.6 is 0 Å². The molecule has 82 valence electrons. The van der Waals surface area contributed by atoms with Crippen molar-refractivity contribution < 1.29 is 14.3 Å². The highest BCUT2D eigenvalue weighted by atomic mass is 16.5. The number of ether oxygens (including phenoxy) is 1. The van der Waals surface area contributed by atoms with Crippen LogP contribution in [0, 0.1) is 11.3 Å². The number of nitriles is 1. The molecule has 0 radical (unpaired) electrons. The molecule has 0 saturated heterocycles. The Morgan fingerprint density at radius 2 is 2.25 bits per heavy atom. The first-order valence-corrected chi connectivity index (χ1v) is 4.81. The summed E-state index contributed by atoms with van der Waals surface area (Å²) in [6, 6.07) is 4.78. The van der Waals surface area contributed by atoms with Gasteiger partial charge in [-0.2, -0.15) is 5.26 Å². The lowest BCUT2D eigenvalue weighted by Crippen LogP contribution is -2.02. The standard InChI is InChI=1S/C12H11NO3/c1-3-16-12-5-9(8(2)15)4-10(7-14)11(12)6-13/h4-5,7H,3H2,1-2H3. The second kappa shape index (κ2) is 5.08. The van der Waals surface area contributed by atoms with Gasteiger partial charge < -0.3 is 4.74 Å². The molecule has 1 aromatic carbocycles. The fourth-order valence-corrected chi connectivity index (χ4v) is 1.32. The summed E-state index contributed by atoms with van der Waals surface area (Å²) in [5.74, 6) is 0.105. The van der Waals surface area contributed by atoms with Crippen molar-refractivity contribution in [2.45, 2.75) is 13.8 Å². The molecule has 0 amide bonds. The summed E-state index contributed by atoms with van der Waals surface area (Å²) in [6.07, 6.45) is 0.549. The molecular formula is C12H11NO3. The Morgan fingerprint density at radius 3 is 2.69 bits per heavy atom. The summed E-state index contributed by atoms with van der Waals surface area (Å²) in [4.78, 5) is 22.0. The number of hydrogen-bond acceptors (Lipinski definition) is 4. The number of carbonyl (C=O) groups is 2. The first kappa shape index (κ1) is 11.9. The molecular weight excluding hydrogens is 206 g/mol. The van der Waals surface area contributed by atoms with Gasteiger partial charge in [0.05, 0.1) is 6.61 Å². The molecule has 4 nitrogen and oxygen atoms in total. The third-order valence-corrected chi connectivity index (χ3v) is 2.08. The highest BCUT2D eigenvalue weighted by molar-refractivity contribution is 5.97. The van der Waals surface area contributed by atoms with Gasteiger partial charge in [-0.05, 0) is 26.0 Å². The molecule has 1 aromatic rings. The van der Waals surface area contributed by atoms with Crippen molar-refractivity contribution in [3.05, 3.63) is 28.8 Å². The van der Waals surface area contributed by atoms with Crippen LogP contribution in [0.3, 0.4) is 0 Å². The van der Waals surface area contributed by atoms with Crippen LogP contribution in [0.5, 0.6) is 5.75 Å². The van der Waals surface area contributed by atoms with E-state index in [1.165, 1.54) is 19.1 Å². The number of Topliss-reactive ketones (excluding diaryl/α,β-unsaturated/α-hetero) is 1. The Kier molecular flexibility index (Phi) is 3.78. The minimum Gasteiger partial charge on any atom is -0.492 e. The van der Waals surface area contributed by atoms with Crippen molar-refractivity contribution in [2.24, 2.45) is 0 Å². The number of nitrogens with zero attached hydrogens (tertiary/aromatic N) is 1. The fraction of sp³-hybridized carbons (Fsp3) is 0.250. The molecule has 0 saturated carbocycles. The van der Waals surface area contributed by atoms with E-state index in [0.717, 1.165) is 0 Å². The van der Waals surface area contributed by atoms with E-state index < -0.39 is 0 Å². The van der Waals surface area contributed by atoms with Crippen LogP contribution in [-0.2, 0) is 0 Å². The molecule has 1 rings (SSSR count). The lowest BCUT2D eigenvalue weighted by molar-refractivity contribution is 0.101. The Balaban J connectivity index is 3.44. The van der Waals surface area contributed by atoms with Gasteiger partial charge in [-0.1, -0.05) is 0 Å². The van der Waals surface area contributed by atoms with Crippen LogP contribution < -0.4 is 4.74 Å². The quantitative estimate of drug-likeness (QED) is 0.571. The van der Waals surface area contributed by atoms with E-state index in [9.17, 15) is 9.59 Å². The summed E-state index contributed by atoms with van der Waals surface area (Å²) in [6.45, 7) is 3.53. The van der Waals surface area contributed by atoms with Crippen molar-refractivity contribution in [2.75, 3.05) is 6.61 Å². The molecule has 0 unspecified atom stereocenters. The number of hydrogen-bond donors (Lipinski definition) is 0. The van der Waals surface area contributed by atoms with E-state index in [1.807, 2.05) is 6.07 Å². The van der Waals surface area contributed by atoms with E-state index >= 15 is 0 Å². The Labute approximate surface area is 93.5 Å². The van der Waals surface area contributed by atoms with Crippen molar-refractivity contribution in [1.29, 1.82) is 5.26 Å². The van der Waals surface area contributed by atoms with Gasteiger partial charge in [0.1, 0.15) is 17.4 Å². The molecule has 0 spiro atoms. The van der Waals surface area contributed by atoms with Gasteiger partial charge in [-0.25, -0.2) is 0 Å². The predicted molar refractivity (Wildman–Crippen MR) is 57.7 cm³/mol. The Bertz CT molecular complexity index is 472. The third kappa shape index (κ3) is 2.26. The highest BCUT2D eigenvalue weighted by Crippen LogP contribution is 2.23. The molecule has 0 aromatic heterocycles. The molecule has 0 bridgehead atoms. The maximum Gasteiger partial charge on any atom is 0.159 e. The summed E-state index contributed by atoms with van der Waals surface area (Å²) in [5.41, 5.74) is 0.713. The lowest BCUT2D eigenvalue weighted by Gasteiger charge is -2.08. The Hall–Kier alpha value is -2.15. The van der Waals surface area contributed by atoms with E-state index in [2.05, 4.69) is 0 Å². The van der Waals surface area contributed by atoms with Crippen LogP contribution in [0.1, 0.15) is 40.1 Å². The molecule has 0 aliphatic rings. The number of aldehydes is 1. The molecule has 0 N–H and O–H groups in total. The molecule has 0 fully saturated rings. The topological polar surface area (TPSA) is 67.2 Å². The maximum absolute atomic E-state index is 11.2. The zero-order valence-electron chi connectivity index (χ0n) is 9.11. The van der Waals surface area contributed by atoms with Crippen LogP contribution in [0.2, 0.25) is 0 Å². The van der Waals surface area contributed by atoms with Crippen molar-refractivity contribution in [3.8, 4) is 11.8 Å². The van der Waals surface area contributed by atoms with E-state index in [4.69, 9.17) is 10.00 Å². The fourth-order valence-electron chi connectivity index (χ4n) is 1.32. The van der Waals surface area contributed by atoms with E-state index in [0.29, 0.717) is 18.5 Å². The van der Waals surface area contributed by atoms with Crippen molar-refractivity contribution >= 4 is 12.1 Å². The maximum atomic E-state index is 11.2. The largest absolute Gasteiger partial charge is 0.492 e.